The minimum Gasteiger partial charge on any atom is -0.478 e. The summed E-state index contributed by atoms with van der Waals surface area (Å²) in [7, 11) is 0. The average Bonchev–Trinajstić information content (AvgIpc) is 2.57. The molecule has 0 saturated carbocycles. The van der Waals surface area contributed by atoms with Crippen LogP contribution in [0.25, 0.3) is 0 Å². The number of hydrogen-bond donors (Lipinski definition) is 3. The van der Waals surface area contributed by atoms with E-state index >= 15 is 0 Å². The minimum absolute atomic E-state index is 0.558. The number of carboxylic acids is 2. The molecule has 0 spiro atoms. The van der Waals surface area contributed by atoms with Crippen LogP contribution in [0.5, 0.6) is 0 Å². The molecule has 1 rings (SSSR count). The maximum absolute atomic E-state index is 9.55. The van der Waals surface area contributed by atoms with Gasteiger partial charge in [-0.1, -0.05) is 0 Å². The monoisotopic (exact) mass is 205 g/mol. The lowest BCUT2D eigenvalue weighted by molar-refractivity contribution is -0.134. The molecule has 3 N–H and O–H groups in total. The van der Waals surface area contributed by atoms with Crippen LogP contribution in [0.2, 0.25) is 0 Å². The van der Waals surface area contributed by atoms with Gasteiger partial charge in [0.2, 0.25) is 0 Å². The van der Waals surface area contributed by atoms with Gasteiger partial charge in [-0.25, -0.2) is 9.59 Å². The molecule has 1 aliphatic heterocycles. The highest BCUT2D eigenvalue weighted by Crippen LogP contribution is 1.99. The van der Waals surface area contributed by atoms with Crippen LogP contribution in [0.1, 0.15) is 0 Å². The third-order valence-electron chi connectivity index (χ3n) is 0.996. The number of carbonyl (C=O) groups is 2. The summed E-state index contributed by atoms with van der Waals surface area (Å²) in [6, 6.07) is 0. The average molecular weight is 205 g/mol. The fourth-order valence-corrected chi connectivity index (χ4v) is 1.23. The molecule has 1 saturated heterocycles. The molecule has 1 fully saturated rings. The molecule has 6 heteroatoms. The zero-order chi connectivity index (χ0) is 10.1. The Hall–Kier alpha value is -1.01. The number of hydrogen-bond acceptors (Lipinski definition) is 4. The largest absolute Gasteiger partial charge is 0.478 e. The van der Waals surface area contributed by atoms with Gasteiger partial charge in [0.05, 0.1) is 0 Å². The van der Waals surface area contributed by atoms with Gasteiger partial charge >= 0.3 is 11.9 Å². The van der Waals surface area contributed by atoms with Crippen LogP contribution in [-0.4, -0.2) is 40.3 Å². The van der Waals surface area contributed by atoms with Gasteiger partial charge < -0.3 is 15.5 Å². The zero-order valence-corrected chi connectivity index (χ0v) is 7.71. The second-order valence-corrected chi connectivity index (χ2v) is 3.17. The van der Waals surface area contributed by atoms with E-state index in [0.29, 0.717) is 12.2 Å². The molecular weight excluding hydrogens is 194 g/mol. The van der Waals surface area contributed by atoms with Crippen molar-refractivity contribution in [2.24, 2.45) is 0 Å². The first kappa shape index (κ1) is 12.0. The highest BCUT2D eigenvalue weighted by atomic mass is 32.2. The first-order chi connectivity index (χ1) is 6.13. The molecule has 13 heavy (non-hydrogen) atoms. The second kappa shape index (κ2) is 7.63. The van der Waals surface area contributed by atoms with Crippen molar-refractivity contribution in [3.63, 3.8) is 0 Å². The van der Waals surface area contributed by atoms with Crippen molar-refractivity contribution in [3.05, 3.63) is 12.2 Å². The van der Waals surface area contributed by atoms with Gasteiger partial charge in [-0.2, -0.15) is 0 Å². The van der Waals surface area contributed by atoms with E-state index in [1.54, 1.807) is 0 Å². The Labute approximate surface area is 79.8 Å². The summed E-state index contributed by atoms with van der Waals surface area (Å²) in [5, 5.41) is 18.8. The van der Waals surface area contributed by atoms with Crippen molar-refractivity contribution in [1.82, 2.24) is 5.32 Å². The molecule has 1 aliphatic rings. The number of rotatable bonds is 2. The van der Waals surface area contributed by atoms with Crippen LogP contribution < -0.4 is 5.32 Å². The Morgan fingerprint density at radius 3 is 1.92 bits per heavy atom. The summed E-state index contributed by atoms with van der Waals surface area (Å²) in [6.07, 6.45) is 1.12. The van der Waals surface area contributed by atoms with Gasteiger partial charge in [0.1, 0.15) is 0 Å². The topological polar surface area (TPSA) is 86.6 Å². The van der Waals surface area contributed by atoms with Crippen LogP contribution in [0.15, 0.2) is 12.2 Å². The Morgan fingerprint density at radius 1 is 1.23 bits per heavy atom. The van der Waals surface area contributed by atoms with Gasteiger partial charge in [0.25, 0.3) is 0 Å². The highest BCUT2D eigenvalue weighted by molar-refractivity contribution is 7.99. The normalized spacial score (nSPS) is 15.1. The lowest BCUT2D eigenvalue weighted by atomic mass is 10.5. The molecule has 0 aliphatic carbocycles. The first-order valence-corrected chi connectivity index (χ1v) is 4.71. The van der Waals surface area contributed by atoms with E-state index in [9.17, 15) is 9.59 Å². The molecule has 0 aromatic rings. The molecule has 0 atom stereocenters. The molecule has 0 bridgehead atoms. The summed E-state index contributed by atoms with van der Waals surface area (Å²) in [4.78, 5) is 19.1. The highest BCUT2D eigenvalue weighted by Gasteiger charge is 1.93. The molecule has 5 nitrogen and oxygen atoms in total. The van der Waals surface area contributed by atoms with Gasteiger partial charge in [-0.15, -0.1) is 11.8 Å². The molecule has 0 unspecified atom stereocenters. The molecule has 0 radical (unpaired) electrons. The number of aliphatic carboxylic acids is 2. The molecule has 0 aromatic heterocycles. The lowest BCUT2D eigenvalue weighted by Gasteiger charge is -1.74. The fourth-order valence-electron chi connectivity index (χ4n) is 0.503. The predicted octanol–water partition coefficient (Wildman–Crippen LogP) is -0.00790. The van der Waals surface area contributed by atoms with E-state index in [1.165, 1.54) is 18.2 Å². The molecule has 0 aromatic carbocycles. The van der Waals surface area contributed by atoms with Crippen LogP contribution in [0, 0.1) is 0 Å². The summed E-state index contributed by atoms with van der Waals surface area (Å²) < 4.78 is 0. The maximum Gasteiger partial charge on any atom is 0.328 e. The third kappa shape index (κ3) is 11.0. The van der Waals surface area contributed by atoms with Crippen LogP contribution in [0.4, 0.5) is 0 Å². The maximum atomic E-state index is 9.55. The van der Waals surface area contributed by atoms with Crippen molar-refractivity contribution in [3.8, 4) is 0 Å². The standard InChI is InChI=1S/C4H4O4.C3H7NS/c5-3(6)1-2-4(7)8;1-2-5-3-4-1/h1-2H,(H,5,6)(H,7,8);4H,1-3H2/b2-1+;. The quantitative estimate of drug-likeness (QED) is 0.550. The zero-order valence-electron chi connectivity index (χ0n) is 6.90. The van der Waals surface area contributed by atoms with Crippen molar-refractivity contribution >= 4 is 23.7 Å². The second-order valence-electron chi connectivity index (χ2n) is 2.06. The predicted molar refractivity (Wildman–Crippen MR) is 49.7 cm³/mol. The van der Waals surface area contributed by atoms with Gasteiger partial charge in [-0.3, -0.25) is 0 Å². The van der Waals surface area contributed by atoms with E-state index in [0.717, 1.165) is 0 Å². The molecule has 0 amide bonds. The third-order valence-corrected chi connectivity index (χ3v) is 1.90. The lowest BCUT2D eigenvalue weighted by Crippen LogP contribution is -2.04. The van der Waals surface area contributed by atoms with Gasteiger partial charge in [-0.05, 0) is 0 Å². The summed E-state index contributed by atoms with van der Waals surface area (Å²) in [5.41, 5.74) is 0. The minimum atomic E-state index is -1.26. The Morgan fingerprint density at radius 2 is 1.77 bits per heavy atom. The Kier molecular flexibility index (Phi) is 7.04. The molecule has 74 valence electrons. The Bertz CT molecular complexity index is 177. The number of carboxylic acid groups (broad SMARTS) is 2. The Balaban J connectivity index is 0.000000243. The number of nitrogens with one attached hydrogen (secondary N) is 1. The van der Waals surface area contributed by atoms with Crippen molar-refractivity contribution in [2.45, 2.75) is 0 Å². The molecule has 1 heterocycles. The van der Waals surface area contributed by atoms with Crippen molar-refractivity contribution in [1.29, 1.82) is 0 Å². The summed E-state index contributed by atoms with van der Waals surface area (Å²) in [6.45, 7) is 1.21. The van der Waals surface area contributed by atoms with E-state index in [2.05, 4.69) is 5.32 Å². The first-order valence-electron chi connectivity index (χ1n) is 3.55. The van der Waals surface area contributed by atoms with E-state index in [4.69, 9.17) is 10.2 Å². The van der Waals surface area contributed by atoms with Crippen molar-refractivity contribution in [2.75, 3.05) is 18.2 Å². The fraction of sp³-hybridized carbons (Fsp3) is 0.429. The van der Waals surface area contributed by atoms with Crippen LogP contribution >= 0.6 is 11.8 Å². The van der Waals surface area contributed by atoms with Crippen LogP contribution in [0.3, 0.4) is 0 Å². The van der Waals surface area contributed by atoms with Gasteiger partial charge in [0.15, 0.2) is 0 Å². The van der Waals surface area contributed by atoms with E-state index in [-0.39, 0.29) is 0 Å². The number of thioether (sulfide) groups is 1. The smallest absolute Gasteiger partial charge is 0.328 e. The van der Waals surface area contributed by atoms with Gasteiger partial charge in [0, 0.05) is 30.3 Å². The SMILES string of the molecule is C1CSCN1.O=C(O)/C=C/C(=O)O. The van der Waals surface area contributed by atoms with Crippen LogP contribution in [-0.2, 0) is 9.59 Å². The van der Waals surface area contributed by atoms with E-state index < -0.39 is 11.9 Å². The summed E-state index contributed by atoms with van der Waals surface area (Å²) in [5.74, 6) is -0.0419. The molecular formula is C7H11NO4S. The van der Waals surface area contributed by atoms with Crippen molar-refractivity contribution < 1.29 is 19.8 Å². The van der Waals surface area contributed by atoms with E-state index in [1.807, 2.05) is 11.8 Å². The summed E-state index contributed by atoms with van der Waals surface area (Å²) >= 11 is 1.96.